The van der Waals surface area contributed by atoms with Gasteiger partial charge in [0.15, 0.2) is 0 Å². The molecule has 0 bridgehead atoms. The molecule has 2 aliphatic rings. The lowest BCUT2D eigenvalue weighted by molar-refractivity contribution is -0.165. The van der Waals surface area contributed by atoms with Crippen molar-refractivity contribution in [3.05, 3.63) is 0 Å². The fraction of sp³-hybridized carbons (Fsp3) is 0.800. The first-order chi connectivity index (χ1) is 8.09. The Kier molecular flexibility index (Phi) is 3.60. The summed E-state index contributed by atoms with van der Waals surface area (Å²) in [6, 6.07) is 0. The van der Waals surface area contributed by atoms with Crippen molar-refractivity contribution in [3.63, 3.8) is 0 Å². The molecule has 2 amide bonds. The Morgan fingerprint density at radius 1 is 1.12 bits per heavy atom. The van der Waals surface area contributed by atoms with Crippen molar-refractivity contribution in [1.29, 1.82) is 0 Å². The van der Waals surface area contributed by atoms with Crippen LogP contribution in [0.3, 0.4) is 0 Å². The molecule has 2 saturated heterocycles. The molecule has 7 nitrogen and oxygen atoms in total. The van der Waals surface area contributed by atoms with E-state index in [9.17, 15) is 9.59 Å². The van der Waals surface area contributed by atoms with E-state index >= 15 is 0 Å². The Labute approximate surface area is 98.5 Å². The highest BCUT2D eigenvalue weighted by atomic mass is 16.5. The summed E-state index contributed by atoms with van der Waals surface area (Å²) in [6.45, 7) is 0.932. The van der Waals surface area contributed by atoms with Gasteiger partial charge in [0, 0.05) is 25.5 Å². The minimum absolute atomic E-state index is 0.221. The van der Waals surface area contributed by atoms with E-state index in [2.05, 4.69) is 0 Å². The molecule has 0 aromatic rings. The molecule has 2 atom stereocenters. The van der Waals surface area contributed by atoms with Gasteiger partial charge in [-0.15, -0.1) is 0 Å². The molecule has 0 saturated carbocycles. The van der Waals surface area contributed by atoms with Crippen LogP contribution >= 0.6 is 0 Å². The lowest BCUT2D eigenvalue weighted by Crippen LogP contribution is -2.29. The number of nitrogens with zero attached hydrogens (tertiary/aromatic N) is 2. The molecular weight excluding hydrogens is 228 g/mol. The number of rotatable bonds is 4. The van der Waals surface area contributed by atoms with E-state index < -0.39 is 12.0 Å². The van der Waals surface area contributed by atoms with E-state index in [1.165, 1.54) is 0 Å². The van der Waals surface area contributed by atoms with Crippen LogP contribution < -0.4 is 0 Å². The first-order valence-electron chi connectivity index (χ1n) is 5.71. The molecular formula is C10H16N2O5. The van der Waals surface area contributed by atoms with Gasteiger partial charge in [-0.2, -0.15) is 0 Å². The van der Waals surface area contributed by atoms with E-state index in [-0.39, 0.29) is 25.0 Å². The number of hydroxylamine groups is 4. The number of carbonyl (C=O) groups excluding carboxylic acids is 2. The van der Waals surface area contributed by atoms with Crippen LogP contribution in [0.25, 0.3) is 0 Å². The molecule has 0 aromatic carbocycles. The largest absolute Gasteiger partial charge is 0.368 e. The maximum Gasteiger partial charge on any atom is 0.275 e. The van der Waals surface area contributed by atoms with Gasteiger partial charge in [-0.1, -0.05) is 0 Å². The molecule has 0 aromatic heterocycles. The molecule has 2 fully saturated rings. The summed E-state index contributed by atoms with van der Waals surface area (Å²) in [5.74, 6) is -0.927. The predicted octanol–water partition coefficient (Wildman–Crippen LogP) is -0.379. The van der Waals surface area contributed by atoms with Gasteiger partial charge in [-0.25, -0.2) is 10.1 Å². The second-order valence-electron chi connectivity index (χ2n) is 4.35. The number of amides is 2. The molecule has 7 heteroatoms. The molecule has 2 rings (SSSR count). The standard InChI is InChI=1S/C10H16N2O5/c13-9-7(1-4-11(9)15)3-6-17-8-2-5-12(16)10(8)14/h7-8,15-16H,1-6H2. The first-order valence-corrected chi connectivity index (χ1v) is 5.71. The van der Waals surface area contributed by atoms with Gasteiger partial charge < -0.3 is 4.74 Å². The average Bonchev–Trinajstić information content (AvgIpc) is 2.79. The van der Waals surface area contributed by atoms with E-state index in [1.54, 1.807) is 0 Å². The Hall–Kier alpha value is -1.18. The van der Waals surface area contributed by atoms with E-state index in [0.29, 0.717) is 30.9 Å². The van der Waals surface area contributed by atoms with Crippen LogP contribution in [0.1, 0.15) is 19.3 Å². The topological polar surface area (TPSA) is 90.3 Å². The van der Waals surface area contributed by atoms with Gasteiger partial charge >= 0.3 is 0 Å². The van der Waals surface area contributed by atoms with Crippen LogP contribution in [-0.4, -0.2) is 58.2 Å². The van der Waals surface area contributed by atoms with Gasteiger partial charge in [0.1, 0.15) is 6.10 Å². The lowest BCUT2D eigenvalue weighted by Gasteiger charge is -2.12. The highest BCUT2D eigenvalue weighted by Gasteiger charge is 2.33. The van der Waals surface area contributed by atoms with Gasteiger partial charge in [-0.3, -0.25) is 20.0 Å². The number of hydrogen-bond donors (Lipinski definition) is 2. The Balaban J connectivity index is 1.70. The van der Waals surface area contributed by atoms with Crippen molar-refractivity contribution in [3.8, 4) is 0 Å². The summed E-state index contributed by atoms with van der Waals surface area (Å²) < 4.78 is 5.33. The molecule has 96 valence electrons. The monoisotopic (exact) mass is 244 g/mol. The normalized spacial score (nSPS) is 29.5. The van der Waals surface area contributed by atoms with Crippen molar-refractivity contribution in [2.45, 2.75) is 25.4 Å². The van der Waals surface area contributed by atoms with E-state index in [4.69, 9.17) is 15.2 Å². The van der Waals surface area contributed by atoms with Crippen LogP contribution in [-0.2, 0) is 14.3 Å². The molecule has 17 heavy (non-hydrogen) atoms. The fourth-order valence-corrected chi connectivity index (χ4v) is 2.14. The lowest BCUT2D eigenvalue weighted by atomic mass is 10.1. The van der Waals surface area contributed by atoms with Gasteiger partial charge in [0.25, 0.3) is 5.91 Å². The number of carbonyl (C=O) groups is 2. The second kappa shape index (κ2) is 4.99. The maximum atomic E-state index is 11.4. The van der Waals surface area contributed by atoms with Gasteiger partial charge in [-0.05, 0) is 12.8 Å². The van der Waals surface area contributed by atoms with E-state index in [0.717, 1.165) is 5.06 Å². The van der Waals surface area contributed by atoms with Crippen LogP contribution in [0.2, 0.25) is 0 Å². The van der Waals surface area contributed by atoms with Crippen LogP contribution in [0.15, 0.2) is 0 Å². The average molecular weight is 244 g/mol. The van der Waals surface area contributed by atoms with E-state index in [1.807, 2.05) is 0 Å². The first kappa shape index (κ1) is 12.3. The Morgan fingerprint density at radius 3 is 2.29 bits per heavy atom. The Morgan fingerprint density at radius 2 is 1.76 bits per heavy atom. The van der Waals surface area contributed by atoms with Crippen LogP contribution in [0.5, 0.6) is 0 Å². The highest BCUT2D eigenvalue weighted by Crippen LogP contribution is 2.20. The number of hydrogen-bond acceptors (Lipinski definition) is 5. The zero-order valence-electron chi connectivity index (χ0n) is 9.41. The molecule has 0 aliphatic carbocycles. The minimum atomic E-state index is -0.596. The minimum Gasteiger partial charge on any atom is -0.368 e. The molecule has 2 aliphatic heterocycles. The van der Waals surface area contributed by atoms with Gasteiger partial charge in [0.05, 0.1) is 6.54 Å². The quantitative estimate of drug-likeness (QED) is 0.658. The predicted molar refractivity (Wildman–Crippen MR) is 54.1 cm³/mol. The Bertz CT molecular complexity index is 292. The summed E-state index contributed by atoms with van der Waals surface area (Å²) in [5, 5.41) is 19.5. The van der Waals surface area contributed by atoms with Crippen LogP contribution in [0, 0.1) is 5.92 Å². The van der Waals surface area contributed by atoms with Crippen molar-refractivity contribution < 1.29 is 24.7 Å². The molecule has 0 radical (unpaired) electrons. The molecule has 2 unspecified atom stereocenters. The smallest absolute Gasteiger partial charge is 0.275 e. The molecule has 2 heterocycles. The molecule has 2 N–H and O–H groups in total. The third kappa shape index (κ3) is 2.56. The van der Waals surface area contributed by atoms with Crippen molar-refractivity contribution >= 4 is 11.8 Å². The van der Waals surface area contributed by atoms with Crippen molar-refractivity contribution in [2.24, 2.45) is 5.92 Å². The second-order valence-corrected chi connectivity index (χ2v) is 4.35. The van der Waals surface area contributed by atoms with Crippen molar-refractivity contribution in [2.75, 3.05) is 19.7 Å². The number of ether oxygens (including phenoxy) is 1. The third-order valence-electron chi connectivity index (χ3n) is 3.21. The molecule has 0 spiro atoms. The zero-order valence-corrected chi connectivity index (χ0v) is 9.41. The van der Waals surface area contributed by atoms with Crippen LogP contribution in [0.4, 0.5) is 0 Å². The fourth-order valence-electron chi connectivity index (χ4n) is 2.14. The van der Waals surface area contributed by atoms with Crippen molar-refractivity contribution in [1.82, 2.24) is 10.1 Å². The summed E-state index contributed by atoms with van der Waals surface area (Å²) in [6.07, 6.45) is 0.982. The summed E-state index contributed by atoms with van der Waals surface area (Å²) in [4.78, 5) is 22.6. The summed E-state index contributed by atoms with van der Waals surface area (Å²) >= 11 is 0. The zero-order chi connectivity index (χ0) is 12.4. The van der Waals surface area contributed by atoms with Gasteiger partial charge in [0.2, 0.25) is 5.91 Å². The maximum absolute atomic E-state index is 11.4. The summed E-state index contributed by atoms with van der Waals surface area (Å²) in [5.41, 5.74) is 0. The third-order valence-corrected chi connectivity index (χ3v) is 3.21. The SMILES string of the molecule is O=C1C(CCOC2CCN(O)C2=O)CCN1O. The summed E-state index contributed by atoms with van der Waals surface area (Å²) in [7, 11) is 0. The highest BCUT2D eigenvalue weighted by molar-refractivity contribution is 5.81.